The lowest BCUT2D eigenvalue weighted by Gasteiger charge is -2.22. The number of amides is 2. The van der Waals surface area contributed by atoms with Crippen LogP contribution >= 0.6 is 0 Å². The molecular formula is C21H28N4O3. The van der Waals surface area contributed by atoms with Gasteiger partial charge in [-0.1, -0.05) is 25.5 Å². The molecule has 2 heterocycles. The van der Waals surface area contributed by atoms with Crippen LogP contribution in [0.5, 0.6) is 5.75 Å². The Hall–Kier alpha value is -2.83. The van der Waals surface area contributed by atoms with Crippen LogP contribution in [0.3, 0.4) is 0 Å². The van der Waals surface area contributed by atoms with Gasteiger partial charge in [-0.2, -0.15) is 5.10 Å². The Labute approximate surface area is 165 Å². The summed E-state index contributed by atoms with van der Waals surface area (Å²) in [5.74, 6) is 0.806. The van der Waals surface area contributed by atoms with Crippen LogP contribution in [0.4, 0.5) is 0 Å². The molecule has 3 rings (SSSR count). The van der Waals surface area contributed by atoms with Crippen molar-refractivity contribution in [3.63, 3.8) is 0 Å². The Kier molecular flexibility index (Phi) is 6.34. The van der Waals surface area contributed by atoms with Crippen molar-refractivity contribution in [2.75, 3.05) is 26.7 Å². The Bertz CT molecular complexity index is 829. The number of aromatic nitrogens is 2. The number of aryl methyl sites for hydroxylation is 2. The van der Waals surface area contributed by atoms with E-state index in [0.29, 0.717) is 38.3 Å². The minimum atomic E-state index is -0.0588. The van der Waals surface area contributed by atoms with E-state index in [1.165, 1.54) is 0 Å². The van der Waals surface area contributed by atoms with Gasteiger partial charge in [0.1, 0.15) is 11.4 Å². The predicted octanol–water partition coefficient (Wildman–Crippen LogP) is 2.26. The van der Waals surface area contributed by atoms with Crippen molar-refractivity contribution < 1.29 is 14.3 Å². The zero-order valence-corrected chi connectivity index (χ0v) is 16.9. The van der Waals surface area contributed by atoms with Crippen molar-refractivity contribution in [2.45, 2.75) is 32.7 Å². The van der Waals surface area contributed by atoms with E-state index < -0.39 is 0 Å². The van der Waals surface area contributed by atoms with Gasteiger partial charge in [0, 0.05) is 39.6 Å². The van der Waals surface area contributed by atoms with Gasteiger partial charge in [0.25, 0.3) is 5.91 Å². The number of rotatable bonds is 6. The molecule has 1 saturated heterocycles. The van der Waals surface area contributed by atoms with Crippen LogP contribution in [0.2, 0.25) is 0 Å². The largest absolute Gasteiger partial charge is 0.497 e. The van der Waals surface area contributed by atoms with Crippen LogP contribution in [0.25, 0.3) is 0 Å². The van der Waals surface area contributed by atoms with Crippen molar-refractivity contribution in [1.29, 1.82) is 0 Å². The average Bonchev–Trinajstić information content (AvgIpc) is 2.96. The summed E-state index contributed by atoms with van der Waals surface area (Å²) in [5.41, 5.74) is 2.56. The van der Waals surface area contributed by atoms with E-state index in [0.717, 1.165) is 29.8 Å². The van der Waals surface area contributed by atoms with Crippen LogP contribution < -0.4 is 4.74 Å². The van der Waals surface area contributed by atoms with Gasteiger partial charge in [-0.15, -0.1) is 0 Å². The van der Waals surface area contributed by atoms with Gasteiger partial charge < -0.3 is 14.5 Å². The fourth-order valence-corrected chi connectivity index (χ4v) is 3.46. The van der Waals surface area contributed by atoms with Gasteiger partial charge in [0.15, 0.2) is 0 Å². The number of ether oxygens (including phenoxy) is 1. The second kappa shape index (κ2) is 8.91. The van der Waals surface area contributed by atoms with Gasteiger partial charge in [0.05, 0.1) is 12.8 Å². The zero-order chi connectivity index (χ0) is 20.1. The summed E-state index contributed by atoms with van der Waals surface area (Å²) in [6, 6.07) is 9.58. The van der Waals surface area contributed by atoms with E-state index >= 15 is 0 Å². The molecule has 2 aromatic rings. The molecule has 2 amide bonds. The summed E-state index contributed by atoms with van der Waals surface area (Å²) in [5, 5.41) is 4.42. The van der Waals surface area contributed by atoms with Crippen molar-refractivity contribution >= 4 is 11.8 Å². The number of nitrogens with zero attached hydrogens (tertiary/aromatic N) is 4. The minimum Gasteiger partial charge on any atom is -0.497 e. The highest BCUT2D eigenvalue weighted by Gasteiger charge is 2.26. The van der Waals surface area contributed by atoms with E-state index in [-0.39, 0.29) is 11.8 Å². The van der Waals surface area contributed by atoms with E-state index in [1.807, 2.05) is 35.2 Å². The lowest BCUT2D eigenvalue weighted by Crippen LogP contribution is -2.36. The topological polar surface area (TPSA) is 67.7 Å². The van der Waals surface area contributed by atoms with E-state index in [1.54, 1.807) is 23.7 Å². The number of benzene rings is 1. The summed E-state index contributed by atoms with van der Waals surface area (Å²) < 4.78 is 6.83. The lowest BCUT2D eigenvalue weighted by molar-refractivity contribution is -0.130. The second-order valence-corrected chi connectivity index (χ2v) is 7.10. The second-order valence-electron chi connectivity index (χ2n) is 7.10. The highest BCUT2D eigenvalue weighted by molar-refractivity contribution is 5.93. The normalized spacial score (nSPS) is 14.9. The molecule has 0 aliphatic carbocycles. The molecule has 7 nitrogen and oxygen atoms in total. The third kappa shape index (κ3) is 4.52. The van der Waals surface area contributed by atoms with Gasteiger partial charge in [-0.05, 0) is 30.2 Å². The lowest BCUT2D eigenvalue weighted by atomic mass is 10.2. The zero-order valence-electron chi connectivity index (χ0n) is 16.9. The molecule has 1 fully saturated rings. The molecule has 1 aromatic heterocycles. The molecule has 7 heteroatoms. The third-order valence-electron chi connectivity index (χ3n) is 5.06. The first-order chi connectivity index (χ1) is 13.5. The fourth-order valence-electron chi connectivity index (χ4n) is 3.46. The first-order valence-electron chi connectivity index (χ1n) is 9.74. The molecule has 0 unspecified atom stereocenters. The molecule has 0 atom stereocenters. The first-order valence-corrected chi connectivity index (χ1v) is 9.74. The molecule has 150 valence electrons. The Morgan fingerprint density at radius 3 is 2.61 bits per heavy atom. The molecule has 1 aromatic carbocycles. The smallest absolute Gasteiger partial charge is 0.272 e. The van der Waals surface area contributed by atoms with Crippen LogP contribution in [-0.2, 0) is 24.8 Å². The van der Waals surface area contributed by atoms with Crippen LogP contribution in [0, 0.1) is 0 Å². The summed E-state index contributed by atoms with van der Waals surface area (Å²) >= 11 is 0. The highest BCUT2D eigenvalue weighted by Crippen LogP contribution is 2.16. The van der Waals surface area contributed by atoms with E-state index in [2.05, 4.69) is 12.0 Å². The van der Waals surface area contributed by atoms with Gasteiger partial charge in [0.2, 0.25) is 5.91 Å². The third-order valence-corrected chi connectivity index (χ3v) is 5.06. The molecule has 28 heavy (non-hydrogen) atoms. The van der Waals surface area contributed by atoms with Gasteiger partial charge >= 0.3 is 0 Å². The average molecular weight is 384 g/mol. The van der Waals surface area contributed by atoms with E-state index in [4.69, 9.17) is 4.74 Å². The summed E-state index contributed by atoms with van der Waals surface area (Å²) in [6.07, 6.45) is 2.18. The van der Waals surface area contributed by atoms with Crippen molar-refractivity contribution in [3.8, 4) is 5.75 Å². The Morgan fingerprint density at radius 2 is 1.93 bits per heavy atom. The predicted molar refractivity (Wildman–Crippen MR) is 106 cm³/mol. The number of methoxy groups -OCH3 is 1. The maximum absolute atomic E-state index is 13.0. The van der Waals surface area contributed by atoms with Crippen molar-refractivity contribution in [1.82, 2.24) is 19.6 Å². The maximum Gasteiger partial charge on any atom is 0.272 e. The summed E-state index contributed by atoms with van der Waals surface area (Å²) in [6.45, 7) is 4.11. The van der Waals surface area contributed by atoms with Gasteiger partial charge in [-0.3, -0.25) is 14.3 Å². The maximum atomic E-state index is 13.0. The molecule has 0 radical (unpaired) electrons. The molecule has 0 bridgehead atoms. The summed E-state index contributed by atoms with van der Waals surface area (Å²) in [7, 11) is 3.43. The van der Waals surface area contributed by atoms with E-state index in [9.17, 15) is 9.59 Å². The van der Waals surface area contributed by atoms with Crippen LogP contribution in [0.15, 0.2) is 30.3 Å². The number of hydrogen-bond donors (Lipinski definition) is 0. The van der Waals surface area contributed by atoms with Gasteiger partial charge in [-0.25, -0.2) is 0 Å². The molecular weight excluding hydrogens is 356 g/mol. The molecule has 0 spiro atoms. The van der Waals surface area contributed by atoms with Crippen LogP contribution in [0.1, 0.15) is 41.5 Å². The Morgan fingerprint density at radius 1 is 1.18 bits per heavy atom. The quantitative estimate of drug-likeness (QED) is 0.766. The molecule has 0 N–H and O–H groups in total. The SMILES string of the molecule is CCCc1cc(C(=O)N2CCC(=O)N(Cc3ccc(OC)cc3)CC2)n(C)n1. The highest BCUT2D eigenvalue weighted by atomic mass is 16.5. The molecule has 1 aliphatic heterocycles. The van der Waals surface area contributed by atoms with Crippen LogP contribution in [-0.4, -0.2) is 58.1 Å². The fraction of sp³-hybridized carbons (Fsp3) is 0.476. The standard InChI is InChI=1S/C21H28N4O3/c1-4-5-17-14-19(23(2)22-17)21(27)24-11-10-20(26)25(13-12-24)15-16-6-8-18(28-3)9-7-16/h6-9,14H,4-5,10-13,15H2,1-3H3. The molecule has 1 aliphatic rings. The number of carbonyl (C=O) groups excluding carboxylic acids is 2. The summed E-state index contributed by atoms with van der Waals surface area (Å²) in [4.78, 5) is 29.1. The minimum absolute atomic E-state index is 0.0588. The first kappa shape index (κ1) is 19.9. The Balaban J connectivity index is 1.65. The molecule has 0 saturated carbocycles. The van der Waals surface area contributed by atoms with Crippen molar-refractivity contribution in [2.24, 2.45) is 7.05 Å². The number of hydrogen-bond acceptors (Lipinski definition) is 4. The monoisotopic (exact) mass is 384 g/mol. The number of carbonyl (C=O) groups is 2. The van der Waals surface area contributed by atoms with Crippen molar-refractivity contribution in [3.05, 3.63) is 47.3 Å².